The lowest BCUT2D eigenvalue weighted by atomic mass is 10.0. The monoisotopic (exact) mass is 506 g/mol. The van der Waals surface area contributed by atoms with Crippen LogP contribution >= 0.6 is 11.3 Å². The summed E-state index contributed by atoms with van der Waals surface area (Å²) >= 11 is 0.781. The minimum Gasteiger partial charge on any atom is -0.477 e. The number of carbonyl (C=O) groups excluding carboxylic acids is 2. The zero-order valence-electron chi connectivity index (χ0n) is 18.5. The number of ether oxygens (including phenoxy) is 1. The summed E-state index contributed by atoms with van der Waals surface area (Å²) in [4.78, 5) is 36.0. The first-order valence-corrected chi connectivity index (χ1v) is 11.5. The number of pyridine rings is 2. The van der Waals surface area contributed by atoms with Crippen molar-refractivity contribution in [2.24, 2.45) is 11.7 Å². The van der Waals surface area contributed by atoms with E-state index in [1.807, 2.05) is 0 Å². The Balaban J connectivity index is 1.84. The third-order valence-corrected chi connectivity index (χ3v) is 5.96. The van der Waals surface area contributed by atoms with Gasteiger partial charge in [0, 0.05) is 41.0 Å². The van der Waals surface area contributed by atoms with Crippen molar-refractivity contribution in [3.8, 4) is 27.6 Å². The molecule has 4 N–H and O–H groups in total. The largest absolute Gasteiger partial charge is 0.477 e. The van der Waals surface area contributed by atoms with Gasteiger partial charge in [-0.25, -0.2) is 19.7 Å². The molecule has 1 aliphatic carbocycles. The molecule has 0 spiro atoms. The number of carbonyl (C=O) groups is 2. The molecule has 1 saturated carbocycles. The highest BCUT2D eigenvalue weighted by Crippen LogP contribution is 2.41. The highest BCUT2D eigenvalue weighted by atomic mass is 32.1. The Labute approximate surface area is 201 Å². The van der Waals surface area contributed by atoms with Gasteiger partial charge in [-0.15, -0.1) is 11.3 Å². The molecule has 3 aromatic rings. The number of amides is 3. The highest BCUT2D eigenvalue weighted by Gasteiger charge is 2.34. The normalized spacial score (nSPS) is 13.4. The summed E-state index contributed by atoms with van der Waals surface area (Å²) < 4.78 is 45.6. The Morgan fingerprint density at radius 3 is 2.57 bits per heavy atom. The van der Waals surface area contributed by atoms with Crippen LogP contribution in [0, 0.1) is 5.92 Å². The smallest absolute Gasteiger partial charge is 0.434 e. The molecule has 4 rings (SSSR count). The lowest BCUT2D eigenvalue weighted by molar-refractivity contribution is -0.140. The van der Waals surface area contributed by atoms with Crippen molar-refractivity contribution >= 4 is 29.1 Å². The molecule has 3 amide bonds. The van der Waals surface area contributed by atoms with Crippen molar-refractivity contribution in [2.75, 3.05) is 18.5 Å². The Kier molecular flexibility index (Phi) is 6.87. The highest BCUT2D eigenvalue weighted by molar-refractivity contribution is 7.13. The summed E-state index contributed by atoms with van der Waals surface area (Å²) in [5, 5.41) is 6.02. The molecule has 0 unspecified atom stereocenters. The third kappa shape index (κ3) is 5.85. The molecule has 0 aliphatic heterocycles. The maximum atomic E-state index is 13.2. The summed E-state index contributed by atoms with van der Waals surface area (Å²) in [6.45, 7) is 2.51. The number of anilines is 1. The Morgan fingerprint density at radius 2 is 1.94 bits per heavy atom. The fourth-order valence-electron chi connectivity index (χ4n) is 3.14. The summed E-state index contributed by atoms with van der Waals surface area (Å²) in [5.74, 6) is -0.0555. The van der Waals surface area contributed by atoms with Crippen molar-refractivity contribution in [1.82, 2.24) is 20.3 Å². The van der Waals surface area contributed by atoms with E-state index in [1.54, 1.807) is 6.92 Å². The van der Waals surface area contributed by atoms with E-state index in [0.717, 1.165) is 29.6 Å². The molecule has 0 saturated heterocycles. The number of alkyl halides is 3. The maximum absolute atomic E-state index is 13.2. The van der Waals surface area contributed by atoms with Crippen LogP contribution in [0.25, 0.3) is 21.7 Å². The average Bonchev–Trinajstić information content (AvgIpc) is 3.49. The lowest BCUT2D eigenvalue weighted by Gasteiger charge is -2.15. The molecule has 184 valence electrons. The zero-order chi connectivity index (χ0) is 25.2. The Bertz CT molecular complexity index is 1260. The number of rotatable bonds is 8. The molecular weight excluding hydrogens is 485 g/mol. The first kappa shape index (κ1) is 24.4. The van der Waals surface area contributed by atoms with E-state index in [-0.39, 0.29) is 27.8 Å². The molecule has 0 atom stereocenters. The fourth-order valence-corrected chi connectivity index (χ4v) is 4.00. The maximum Gasteiger partial charge on any atom is 0.434 e. The number of primary amides is 1. The van der Waals surface area contributed by atoms with Gasteiger partial charge in [0.25, 0.3) is 0 Å². The van der Waals surface area contributed by atoms with Crippen LogP contribution in [0.5, 0.6) is 5.88 Å². The number of nitrogens with zero attached hydrogens (tertiary/aromatic N) is 3. The van der Waals surface area contributed by atoms with Gasteiger partial charge < -0.3 is 15.8 Å². The van der Waals surface area contributed by atoms with Gasteiger partial charge >= 0.3 is 12.2 Å². The zero-order valence-corrected chi connectivity index (χ0v) is 19.3. The van der Waals surface area contributed by atoms with Gasteiger partial charge in [0.15, 0.2) is 5.69 Å². The lowest BCUT2D eigenvalue weighted by Crippen LogP contribution is -2.28. The molecule has 0 bridgehead atoms. The average molecular weight is 507 g/mol. The first-order valence-electron chi connectivity index (χ1n) is 10.7. The fraction of sp³-hybridized carbons (Fsp3) is 0.318. The molecule has 13 heteroatoms. The number of hydrogen-bond donors (Lipinski definition) is 3. The second-order valence-electron chi connectivity index (χ2n) is 7.83. The van der Waals surface area contributed by atoms with Gasteiger partial charge in [0.05, 0.1) is 12.2 Å². The Hall–Kier alpha value is -3.74. The second kappa shape index (κ2) is 9.86. The molecule has 1 fully saturated rings. The van der Waals surface area contributed by atoms with Crippen LogP contribution in [0.4, 0.5) is 23.8 Å². The van der Waals surface area contributed by atoms with E-state index < -0.39 is 23.8 Å². The quantitative estimate of drug-likeness (QED) is 0.417. The Morgan fingerprint density at radius 1 is 1.17 bits per heavy atom. The van der Waals surface area contributed by atoms with Crippen molar-refractivity contribution < 1.29 is 27.5 Å². The molecule has 35 heavy (non-hydrogen) atoms. The topological polar surface area (TPSA) is 132 Å². The number of urea groups is 1. The minimum atomic E-state index is -4.63. The summed E-state index contributed by atoms with van der Waals surface area (Å²) in [7, 11) is 0. The van der Waals surface area contributed by atoms with Gasteiger partial charge in [-0.05, 0) is 37.8 Å². The van der Waals surface area contributed by atoms with E-state index in [2.05, 4.69) is 25.6 Å². The van der Waals surface area contributed by atoms with Crippen LogP contribution in [0.2, 0.25) is 0 Å². The van der Waals surface area contributed by atoms with E-state index >= 15 is 0 Å². The SMILES string of the molecule is CCNC(=O)Nc1cc(-c2nc(C(F)(F)F)cs2)c(-c2cc(C(N)=O)cnc2OCC2CC2)cn1. The standard InChI is InChI=1S/C22H21F3N6O3S/c1-2-27-21(33)31-17-6-14(20-30-16(10-35-20)22(23,24)25)15(8-28-17)13-5-12(18(26)32)7-29-19(13)34-9-11-3-4-11/h5-8,10-11H,2-4,9H2,1H3,(H2,26,32)(H2,27,28,31,33). The second-order valence-corrected chi connectivity index (χ2v) is 8.69. The summed E-state index contributed by atoms with van der Waals surface area (Å²) in [5.41, 5.74) is 5.34. The molecule has 9 nitrogen and oxygen atoms in total. The van der Waals surface area contributed by atoms with Gasteiger partial charge in [0.1, 0.15) is 10.8 Å². The number of hydrogen-bond acceptors (Lipinski definition) is 7. The van der Waals surface area contributed by atoms with E-state index in [1.165, 1.54) is 24.5 Å². The van der Waals surface area contributed by atoms with E-state index in [0.29, 0.717) is 30.2 Å². The van der Waals surface area contributed by atoms with Crippen molar-refractivity contribution in [2.45, 2.75) is 25.9 Å². The number of aromatic nitrogens is 3. The van der Waals surface area contributed by atoms with Gasteiger partial charge in [0.2, 0.25) is 11.8 Å². The van der Waals surface area contributed by atoms with Crippen LogP contribution in [0.15, 0.2) is 29.9 Å². The van der Waals surface area contributed by atoms with Crippen LogP contribution in [-0.2, 0) is 6.18 Å². The number of halogens is 3. The van der Waals surface area contributed by atoms with Gasteiger partial charge in [-0.1, -0.05) is 0 Å². The molecule has 0 aromatic carbocycles. The molecule has 3 heterocycles. The van der Waals surface area contributed by atoms with Gasteiger partial charge in [-0.2, -0.15) is 13.2 Å². The van der Waals surface area contributed by atoms with Crippen LogP contribution < -0.4 is 21.1 Å². The van der Waals surface area contributed by atoms with E-state index in [9.17, 15) is 22.8 Å². The van der Waals surface area contributed by atoms with Gasteiger partial charge in [-0.3, -0.25) is 10.1 Å². The summed E-state index contributed by atoms with van der Waals surface area (Å²) in [6, 6.07) is 2.33. The molecular formula is C22H21F3N6O3S. The number of thiazole rings is 1. The van der Waals surface area contributed by atoms with Crippen LogP contribution in [-0.4, -0.2) is 40.0 Å². The minimum absolute atomic E-state index is 0.0336. The van der Waals surface area contributed by atoms with Crippen LogP contribution in [0.3, 0.4) is 0 Å². The first-order chi connectivity index (χ1) is 16.7. The number of nitrogens with one attached hydrogen (secondary N) is 2. The third-order valence-electron chi connectivity index (χ3n) is 5.09. The van der Waals surface area contributed by atoms with Crippen molar-refractivity contribution in [1.29, 1.82) is 0 Å². The van der Waals surface area contributed by atoms with Crippen molar-refractivity contribution in [3.63, 3.8) is 0 Å². The summed E-state index contributed by atoms with van der Waals surface area (Å²) in [6.07, 6.45) is 0.0622. The van der Waals surface area contributed by atoms with Crippen molar-refractivity contribution in [3.05, 3.63) is 41.2 Å². The van der Waals surface area contributed by atoms with Crippen LogP contribution in [0.1, 0.15) is 35.8 Å². The number of nitrogens with two attached hydrogens (primary N) is 1. The molecule has 1 aliphatic rings. The molecule has 3 aromatic heterocycles. The predicted octanol–water partition coefficient (Wildman–Crippen LogP) is 4.32. The predicted molar refractivity (Wildman–Crippen MR) is 123 cm³/mol. The van der Waals surface area contributed by atoms with E-state index in [4.69, 9.17) is 10.5 Å². The molecule has 0 radical (unpaired) electrons.